The highest BCUT2D eigenvalue weighted by molar-refractivity contribution is 6.40. The highest BCUT2D eigenvalue weighted by Crippen LogP contribution is 2.29. The van der Waals surface area contributed by atoms with E-state index < -0.39 is 17.4 Å². The quantitative estimate of drug-likeness (QED) is 0.706. The summed E-state index contributed by atoms with van der Waals surface area (Å²) < 4.78 is 0. The molecule has 2 aliphatic rings. The Morgan fingerprint density at radius 3 is 2.72 bits per heavy atom. The van der Waals surface area contributed by atoms with Crippen LogP contribution in [0.15, 0.2) is 5.10 Å². The minimum Gasteiger partial charge on any atom is -0.480 e. The summed E-state index contributed by atoms with van der Waals surface area (Å²) in [6.07, 6.45) is 1.57. The molecular formula is C11H15N3O4. The molecule has 0 bridgehead atoms. The van der Waals surface area contributed by atoms with E-state index in [9.17, 15) is 19.5 Å². The second kappa shape index (κ2) is 4.40. The lowest BCUT2D eigenvalue weighted by Crippen LogP contribution is -2.53. The van der Waals surface area contributed by atoms with Crippen LogP contribution in [-0.2, 0) is 14.4 Å². The Kier molecular flexibility index (Phi) is 3.06. The van der Waals surface area contributed by atoms with Crippen molar-refractivity contribution in [2.75, 3.05) is 6.54 Å². The van der Waals surface area contributed by atoms with Crippen LogP contribution in [-0.4, -0.2) is 45.6 Å². The first-order valence-electron chi connectivity index (χ1n) is 5.86. The third-order valence-electron chi connectivity index (χ3n) is 3.50. The Balaban J connectivity index is 2.19. The molecule has 2 rings (SSSR count). The molecule has 0 aromatic heterocycles. The monoisotopic (exact) mass is 253 g/mol. The van der Waals surface area contributed by atoms with Gasteiger partial charge in [0.1, 0.15) is 11.3 Å². The number of amides is 2. The molecule has 1 fully saturated rings. The number of carboxylic acids is 1. The fourth-order valence-corrected chi connectivity index (χ4v) is 2.30. The molecule has 1 atom stereocenters. The second-order valence-corrected chi connectivity index (χ2v) is 4.73. The Morgan fingerprint density at radius 2 is 2.17 bits per heavy atom. The fourth-order valence-electron chi connectivity index (χ4n) is 2.30. The number of nitrogens with one attached hydrogen (secondary N) is 1. The number of carboxylic acid groups (broad SMARTS) is 1. The summed E-state index contributed by atoms with van der Waals surface area (Å²) in [5.41, 5.74) is 1.31. The molecule has 7 nitrogen and oxygen atoms in total. The maximum Gasteiger partial charge on any atom is 0.329 e. The molecule has 0 spiro atoms. The van der Waals surface area contributed by atoms with Crippen LogP contribution in [0.4, 0.5) is 0 Å². The summed E-state index contributed by atoms with van der Waals surface area (Å²) >= 11 is 0. The maximum atomic E-state index is 12.2. The number of rotatable bonds is 2. The minimum absolute atomic E-state index is 0.211. The number of hydrazone groups is 1. The van der Waals surface area contributed by atoms with Crippen LogP contribution in [0.2, 0.25) is 0 Å². The zero-order valence-electron chi connectivity index (χ0n) is 10.1. The third-order valence-corrected chi connectivity index (χ3v) is 3.50. The first-order chi connectivity index (χ1) is 8.45. The largest absolute Gasteiger partial charge is 0.480 e. The van der Waals surface area contributed by atoms with E-state index in [4.69, 9.17) is 0 Å². The zero-order valence-corrected chi connectivity index (χ0v) is 10.1. The number of likely N-dealkylation sites (tertiary alicyclic amines) is 1. The van der Waals surface area contributed by atoms with Gasteiger partial charge in [-0.1, -0.05) is 0 Å². The number of nitrogens with zero attached hydrogens (tertiary/aromatic N) is 2. The van der Waals surface area contributed by atoms with Gasteiger partial charge in [-0.15, -0.1) is 0 Å². The molecule has 1 unspecified atom stereocenters. The number of hydrogen-bond acceptors (Lipinski definition) is 4. The lowest BCUT2D eigenvalue weighted by atomic mass is 9.98. The molecule has 0 aromatic rings. The Bertz CT molecular complexity index is 446. The van der Waals surface area contributed by atoms with Crippen LogP contribution < -0.4 is 5.43 Å². The van der Waals surface area contributed by atoms with Gasteiger partial charge in [-0.2, -0.15) is 5.10 Å². The van der Waals surface area contributed by atoms with Crippen LogP contribution >= 0.6 is 0 Å². The van der Waals surface area contributed by atoms with Gasteiger partial charge in [-0.25, -0.2) is 10.2 Å². The third kappa shape index (κ3) is 1.96. The predicted molar refractivity (Wildman–Crippen MR) is 61.8 cm³/mol. The number of hydrogen-bond donors (Lipinski definition) is 2. The molecule has 7 heteroatoms. The van der Waals surface area contributed by atoms with Gasteiger partial charge in [-0.05, 0) is 19.8 Å². The number of carbonyl (C=O) groups excluding carboxylic acids is 2. The number of carbonyl (C=O) groups is 3. The van der Waals surface area contributed by atoms with Gasteiger partial charge in [0.15, 0.2) is 0 Å². The first kappa shape index (κ1) is 12.5. The van der Waals surface area contributed by atoms with Crippen molar-refractivity contribution in [3.05, 3.63) is 0 Å². The molecular weight excluding hydrogens is 238 g/mol. The summed E-state index contributed by atoms with van der Waals surface area (Å²) in [5.74, 6) is -1.62. The SMILES string of the molecule is CC1(C(=O)O)CCCN1C(=O)C1=NNC(=O)CC1. The number of aliphatic carboxylic acids is 1. The van der Waals surface area contributed by atoms with Gasteiger partial charge in [0.25, 0.3) is 5.91 Å². The molecule has 18 heavy (non-hydrogen) atoms. The Morgan fingerprint density at radius 1 is 1.44 bits per heavy atom. The highest BCUT2D eigenvalue weighted by Gasteiger charge is 2.47. The summed E-state index contributed by atoms with van der Waals surface area (Å²) in [7, 11) is 0. The second-order valence-electron chi connectivity index (χ2n) is 4.73. The van der Waals surface area contributed by atoms with Gasteiger partial charge in [0, 0.05) is 19.4 Å². The standard InChI is InChI=1S/C11H15N3O4/c1-11(10(17)18)5-2-6-14(11)9(16)7-3-4-8(15)13-12-7/h2-6H2,1H3,(H,13,15)(H,17,18). The zero-order chi connectivity index (χ0) is 13.3. The van der Waals surface area contributed by atoms with Crippen LogP contribution in [0.25, 0.3) is 0 Å². The lowest BCUT2D eigenvalue weighted by molar-refractivity contribution is -0.153. The summed E-state index contributed by atoms with van der Waals surface area (Å²) in [4.78, 5) is 35.8. The normalized spacial score (nSPS) is 27.7. The van der Waals surface area contributed by atoms with Crippen molar-refractivity contribution in [3.8, 4) is 0 Å². The van der Waals surface area contributed by atoms with E-state index in [1.807, 2.05) is 0 Å². The summed E-state index contributed by atoms with van der Waals surface area (Å²) in [6, 6.07) is 0. The van der Waals surface area contributed by atoms with E-state index >= 15 is 0 Å². The van der Waals surface area contributed by atoms with E-state index in [0.717, 1.165) is 0 Å². The van der Waals surface area contributed by atoms with Gasteiger partial charge in [0.2, 0.25) is 5.91 Å². The molecule has 0 radical (unpaired) electrons. The van der Waals surface area contributed by atoms with Gasteiger partial charge >= 0.3 is 5.97 Å². The first-order valence-corrected chi connectivity index (χ1v) is 5.86. The smallest absolute Gasteiger partial charge is 0.329 e. The van der Waals surface area contributed by atoms with Crippen molar-refractivity contribution < 1.29 is 19.5 Å². The maximum absolute atomic E-state index is 12.2. The van der Waals surface area contributed by atoms with Crippen molar-refractivity contribution >= 4 is 23.5 Å². The van der Waals surface area contributed by atoms with E-state index in [-0.39, 0.29) is 24.5 Å². The van der Waals surface area contributed by atoms with Gasteiger partial charge in [-0.3, -0.25) is 9.59 Å². The molecule has 2 aliphatic heterocycles. The topological polar surface area (TPSA) is 99.1 Å². The molecule has 0 aromatic carbocycles. The Hall–Kier alpha value is -1.92. The van der Waals surface area contributed by atoms with Crippen molar-refractivity contribution in [1.29, 1.82) is 0 Å². The molecule has 0 aliphatic carbocycles. The van der Waals surface area contributed by atoms with Crippen molar-refractivity contribution in [3.63, 3.8) is 0 Å². The molecule has 2 N–H and O–H groups in total. The minimum atomic E-state index is -1.17. The van der Waals surface area contributed by atoms with Crippen LogP contribution in [0.3, 0.4) is 0 Å². The average Bonchev–Trinajstić information content (AvgIpc) is 2.73. The Labute approximate surface area is 104 Å². The van der Waals surface area contributed by atoms with E-state index in [1.165, 1.54) is 4.90 Å². The molecule has 1 saturated heterocycles. The van der Waals surface area contributed by atoms with Gasteiger partial charge < -0.3 is 10.0 Å². The van der Waals surface area contributed by atoms with Gasteiger partial charge in [0.05, 0.1) is 0 Å². The van der Waals surface area contributed by atoms with Crippen molar-refractivity contribution in [1.82, 2.24) is 10.3 Å². The van der Waals surface area contributed by atoms with E-state index in [0.29, 0.717) is 19.4 Å². The van der Waals surface area contributed by atoms with E-state index in [1.54, 1.807) is 6.92 Å². The van der Waals surface area contributed by atoms with Crippen LogP contribution in [0, 0.1) is 0 Å². The summed E-state index contributed by atoms with van der Waals surface area (Å²) in [5, 5.41) is 12.9. The van der Waals surface area contributed by atoms with Crippen molar-refractivity contribution in [2.24, 2.45) is 5.10 Å². The molecule has 0 saturated carbocycles. The van der Waals surface area contributed by atoms with Crippen LogP contribution in [0.5, 0.6) is 0 Å². The summed E-state index contributed by atoms with van der Waals surface area (Å²) in [6.45, 7) is 1.96. The molecule has 2 heterocycles. The highest BCUT2D eigenvalue weighted by atomic mass is 16.4. The van der Waals surface area contributed by atoms with E-state index in [2.05, 4.69) is 10.5 Å². The molecule has 2 amide bonds. The lowest BCUT2D eigenvalue weighted by Gasteiger charge is -2.31. The average molecular weight is 253 g/mol. The van der Waals surface area contributed by atoms with Crippen molar-refractivity contribution in [2.45, 2.75) is 38.1 Å². The molecule has 98 valence electrons. The predicted octanol–water partition coefficient (Wildman–Crippen LogP) is -0.282. The van der Waals surface area contributed by atoms with Crippen LogP contribution in [0.1, 0.15) is 32.6 Å². The fraction of sp³-hybridized carbons (Fsp3) is 0.636.